The summed E-state index contributed by atoms with van der Waals surface area (Å²) in [5.41, 5.74) is 0.965. The molecular weight excluding hydrogens is 252 g/mol. The first-order valence-corrected chi connectivity index (χ1v) is 7.68. The van der Waals surface area contributed by atoms with Gasteiger partial charge in [0.05, 0.1) is 5.75 Å². The zero-order chi connectivity index (χ0) is 13.4. The Morgan fingerprint density at radius 1 is 1.33 bits per heavy atom. The largest absolute Gasteiger partial charge is 0.396 e. The molecule has 0 radical (unpaired) electrons. The van der Waals surface area contributed by atoms with Gasteiger partial charge in [-0.05, 0) is 30.5 Å². The second kappa shape index (κ2) is 7.45. The summed E-state index contributed by atoms with van der Waals surface area (Å²) in [6.07, 6.45) is 4.28. The fourth-order valence-electron chi connectivity index (χ4n) is 1.67. The zero-order valence-electron chi connectivity index (χ0n) is 10.6. The molecule has 1 N–H and O–H groups in total. The van der Waals surface area contributed by atoms with Crippen molar-refractivity contribution in [2.45, 2.75) is 19.8 Å². The predicted octanol–water partition coefficient (Wildman–Crippen LogP) is 0.658. The molecule has 0 aliphatic rings. The van der Waals surface area contributed by atoms with E-state index in [4.69, 9.17) is 5.11 Å². The van der Waals surface area contributed by atoms with Gasteiger partial charge in [-0.15, -0.1) is 0 Å². The first-order chi connectivity index (χ1) is 8.60. The molecule has 0 aliphatic carbocycles. The summed E-state index contributed by atoms with van der Waals surface area (Å²) < 4.78 is 25.6. The Labute approximate surface area is 109 Å². The van der Waals surface area contributed by atoms with Crippen molar-refractivity contribution in [1.29, 1.82) is 0 Å². The maximum absolute atomic E-state index is 12.1. The highest BCUT2D eigenvalue weighted by Crippen LogP contribution is 2.06. The number of aliphatic hydroxyl groups excluding tert-OH is 1. The molecule has 1 aromatic heterocycles. The fraction of sp³-hybridized carbons (Fsp3) is 0.583. The number of hydrogen-bond donors (Lipinski definition) is 1. The quantitative estimate of drug-likeness (QED) is 0.754. The van der Waals surface area contributed by atoms with Gasteiger partial charge in [0.1, 0.15) is 0 Å². The van der Waals surface area contributed by atoms with Crippen LogP contribution in [0.4, 0.5) is 0 Å². The van der Waals surface area contributed by atoms with Crippen molar-refractivity contribution in [2.75, 3.05) is 25.4 Å². The molecule has 18 heavy (non-hydrogen) atoms. The Balaban J connectivity index is 2.57. The van der Waals surface area contributed by atoms with Crippen molar-refractivity contribution in [1.82, 2.24) is 9.29 Å². The lowest BCUT2D eigenvalue weighted by Crippen LogP contribution is -2.34. The molecule has 5 nitrogen and oxygen atoms in total. The molecule has 0 bridgehead atoms. The van der Waals surface area contributed by atoms with Gasteiger partial charge < -0.3 is 5.11 Å². The van der Waals surface area contributed by atoms with E-state index in [0.29, 0.717) is 25.9 Å². The molecular formula is C12H20N2O3S. The highest BCUT2D eigenvalue weighted by Gasteiger charge is 2.19. The third kappa shape index (κ3) is 4.72. The van der Waals surface area contributed by atoms with Crippen LogP contribution >= 0.6 is 0 Å². The van der Waals surface area contributed by atoms with Crippen LogP contribution in [0.5, 0.6) is 0 Å². The van der Waals surface area contributed by atoms with Crippen LogP contribution in [0.15, 0.2) is 24.5 Å². The van der Waals surface area contributed by atoms with Crippen molar-refractivity contribution < 1.29 is 13.5 Å². The van der Waals surface area contributed by atoms with E-state index in [0.717, 1.165) is 5.56 Å². The number of pyridine rings is 1. The predicted molar refractivity (Wildman–Crippen MR) is 70.7 cm³/mol. The normalized spacial score (nSPS) is 11.9. The third-order valence-corrected chi connectivity index (χ3v) is 4.66. The van der Waals surface area contributed by atoms with E-state index in [1.54, 1.807) is 19.3 Å². The molecule has 0 saturated heterocycles. The lowest BCUT2D eigenvalue weighted by molar-refractivity contribution is 0.271. The van der Waals surface area contributed by atoms with Gasteiger partial charge in [-0.3, -0.25) is 4.98 Å². The van der Waals surface area contributed by atoms with Crippen molar-refractivity contribution in [3.05, 3.63) is 30.1 Å². The average Bonchev–Trinajstić information content (AvgIpc) is 2.38. The topological polar surface area (TPSA) is 70.5 Å². The van der Waals surface area contributed by atoms with E-state index in [1.807, 2.05) is 12.1 Å². The molecule has 0 amide bonds. The zero-order valence-corrected chi connectivity index (χ0v) is 11.4. The van der Waals surface area contributed by atoms with E-state index in [1.165, 1.54) is 4.31 Å². The van der Waals surface area contributed by atoms with Crippen LogP contribution in [0.1, 0.15) is 18.9 Å². The highest BCUT2D eigenvalue weighted by molar-refractivity contribution is 7.89. The third-order valence-electron chi connectivity index (χ3n) is 2.71. The van der Waals surface area contributed by atoms with Gasteiger partial charge in [-0.2, -0.15) is 0 Å². The summed E-state index contributed by atoms with van der Waals surface area (Å²) in [6.45, 7) is 2.64. The Hall–Kier alpha value is -0.980. The molecule has 0 spiro atoms. The van der Waals surface area contributed by atoms with Crippen LogP contribution in [0.3, 0.4) is 0 Å². The van der Waals surface area contributed by atoms with Crippen LogP contribution in [-0.2, 0) is 16.4 Å². The smallest absolute Gasteiger partial charge is 0.214 e. The summed E-state index contributed by atoms with van der Waals surface area (Å²) in [5.74, 6) is 0.0935. The average molecular weight is 272 g/mol. The van der Waals surface area contributed by atoms with Crippen molar-refractivity contribution in [3.63, 3.8) is 0 Å². The van der Waals surface area contributed by atoms with Crippen molar-refractivity contribution in [3.8, 4) is 0 Å². The van der Waals surface area contributed by atoms with Gasteiger partial charge in [0.15, 0.2) is 0 Å². The summed E-state index contributed by atoms with van der Waals surface area (Å²) in [6, 6.07) is 3.64. The molecule has 102 valence electrons. The van der Waals surface area contributed by atoms with Crippen molar-refractivity contribution >= 4 is 10.0 Å². The summed E-state index contributed by atoms with van der Waals surface area (Å²) >= 11 is 0. The number of sulfonamides is 1. The minimum atomic E-state index is -3.24. The molecule has 6 heteroatoms. The van der Waals surface area contributed by atoms with Crippen LogP contribution < -0.4 is 0 Å². The lowest BCUT2D eigenvalue weighted by Gasteiger charge is -2.19. The van der Waals surface area contributed by atoms with E-state index >= 15 is 0 Å². The molecule has 1 rings (SSSR count). The van der Waals surface area contributed by atoms with Crippen LogP contribution in [0.2, 0.25) is 0 Å². The minimum absolute atomic E-state index is 0.0103. The Morgan fingerprint density at radius 2 is 2.00 bits per heavy atom. The summed E-state index contributed by atoms with van der Waals surface area (Å²) in [4.78, 5) is 3.89. The number of hydrogen-bond acceptors (Lipinski definition) is 4. The van der Waals surface area contributed by atoms with Crippen LogP contribution in [0.25, 0.3) is 0 Å². The van der Waals surface area contributed by atoms with Crippen LogP contribution in [0, 0.1) is 0 Å². The van der Waals surface area contributed by atoms with Gasteiger partial charge >= 0.3 is 0 Å². The molecule has 0 fully saturated rings. The molecule has 0 saturated carbocycles. The molecule has 0 atom stereocenters. The lowest BCUT2D eigenvalue weighted by atomic mass is 10.2. The second-order valence-corrected chi connectivity index (χ2v) is 6.08. The standard InChI is InChI=1S/C12H20N2O3S/c1-2-14(9-3-10-15)18(16,17)11-6-12-4-7-13-8-5-12/h4-5,7-8,15H,2-3,6,9-11H2,1H3. The summed E-state index contributed by atoms with van der Waals surface area (Å²) in [5, 5.41) is 8.76. The van der Waals surface area contributed by atoms with Crippen molar-refractivity contribution in [2.24, 2.45) is 0 Å². The Morgan fingerprint density at radius 3 is 2.56 bits per heavy atom. The SMILES string of the molecule is CCN(CCCO)S(=O)(=O)CCc1ccncc1. The molecule has 1 heterocycles. The van der Waals surface area contributed by atoms with E-state index in [-0.39, 0.29) is 12.4 Å². The van der Waals surface area contributed by atoms with E-state index < -0.39 is 10.0 Å². The second-order valence-electron chi connectivity index (χ2n) is 3.99. The molecule has 1 aromatic rings. The van der Waals surface area contributed by atoms with Gasteiger partial charge in [-0.1, -0.05) is 6.92 Å². The number of rotatable bonds is 8. The Kier molecular flexibility index (Phi) is 6.24. The van der Waals surface area contributed by atoms with Gasteiger partial charge in [0, 0.05) is 32.1 Å². The Bertz CT molecular complexity index is 434. The van der Waals surface area contributed by atoms with Crippen LogP contribution in [-0.4, -0.2) is 48.3 Å². The number of aromatic nitrogens is 1. The first-order valence-electron chi connectivity index (χ1n) is 6.07. The maximum atomic E-state index is 12.1. The van der Waals surface area contributed by atoms with Gasteiger partial charge in [-0.25, -0.2) is 12.7 Å². The van der Waals surface area contributed by atoms with E-state index in [2.05, 4.69) is 4.98 Å². The van der Waals surface area contributed by atoms with Gasteiger partial charge in [0.25, 0.3) is 0 Å². The molecule has 0 aromatic carbocycles. The fourth-order valence-corrected chi connectivity index (χ4v) is 3.22. The monoisotopic (exact) mass is 272 g/mol. The molecule has 0 aliphatic heterocycles. The first kappa shape index (κ1) is 15.1. The van der Waals surface area contributed by atoms with E-state index in [9.17, 15) is 8.42 Å². The molecule has 0 unspecified atom stereocenters. The minimum Gasteiger partial charge on any atom is -0.396 e. The highest BCUT2D eigenvalue weighted by atomic mass is 32.2. The van der Waals surface area contributed by atoms with Gasteiger partial charge in [0.2, 0.25) is 10.0 Å². The maximum Gasteiger partial charge on any atom is 0.214 e. The summed E-state index contributed by atoms with van der Waals surface area (Å²) in [7, 11) is -3.24. The number of nitrogens with zero attached hydrogens (tertiary/aromatic N) is 2. The number of aryl methyl sites for hydroxylation is 1. The number of aliphatic hydroxyl groups is 1.